The van der Waals surface area contributed by atoms with Crippen LogP contribution in [0.5, 0.6) is 0 Å². The van der Waals surface area contributed by atoms with Crippen molar-refractivity contribution in [3.05, 3.63) is 96.1 Å². The smallest absolute Gasteiger partial charge is 0.316 e. The molecular weight excluding hydrogens is 383 g/mol. The summed E-state index contributed by atoms with van der Waals surface area (Å²) in [6.45, 7) is 6.19. The standard InChI is InChI=1S/C26H26F3N/c1-4-17-25(2,18-7-8-19-11-14-21(15-12-19)26(27,28)29)24-22-10-6-5-9-20(22)13-16-23(24)30-3/h4-16,30H,1,17-18H2,2-3H3/p+1/b8-7+. The zero-order chi connectivity index (χ0) is 21.8. The molecule has 0 aliphatic heterocycles. The normalized spacial score (nSPS) is 14.2. The van der Waals surface area contributed by atoms with Gasteiger partial charge >= 0.3 is 6.18 Å². The first-order chi connectivity index (χ1) is 14.3. The Labute approximate surface area is 175 Å². The van der Waals surface area contributed by atoms with Crippen molar-refractivity contribution >= 4 is 22.5 Å². The number of fused-ring (bicyclic) bond motifs is 1. The molecule has 0 radical (unpaired) electrons. The molecule has 0 aromatic heterocycles. The summed E-state index contributed by atoms with van der Waals surface area (Å²) in [5, 5.41) is 4.54. The Morgan fingerprint density at radius 1 is 0.933 bits per heavy atom. The fraction of sp³-hybridized carbons (Fsp3) is 0.231. The third-order valence-corrected chi connectivity index (χ3v) is 5.59. The van der Waals surface area contributed by atoms with E-state index in [1.54, 1.807) is 0 Å². The van der Waals surface area contributed by atoms with Crippen molar-refractivity contribution in [1.29, 1.82) is 0 Å². The molecular formula is C26H27F3N+. The minimum atomic E-state index is -4.31. The minimum Gasteiger partial charge on any atom is -0.316 e. The van der Waals surface area contributed by atoms with E-state index < -0.39 is 11.7 Å². The fourth-order valence-corrected chi connectivity index (χ4v) is 4.05. The van der Waals surface area contributed by atoms with Crippen molar-refractivity contribution in [1.82, 2.24) is 0 Å². The van der Waals surface area contributed by atoms with Gasteiger partial charge < -0.3 is 5.32 Å². The molecule has 0 heterocycles. The highest BCUT2D eigenvalue weighted by Gasteiger charge is 2.31. The van der Waals surface area contributed by atoms with Crippen LogP contribution in [0, 0.1) is 0 Å². The first-order valence-electron chi connectivity index (χ1n) is 10.0. The second-order valence-corrected chi connectivity index (χ2v) is 7.82. The van der Waals surface area contributed by atoms with Gasteiger partial charge in [0.1, 0.15) is 5.69 Å². The van der Waals surface area contributed by atoms with E-state index >= 15 is 0 Å². The Kier molecular flexibility index (Phi) is 6.47. The molecule has 0 saturated heterocycles. The van der Waals surface area contributed by atoms with E-state index in [-0.39, 0.29) is 5.41 Å². The lowest BCUT2D eigenvalue weighted by Crippen LogP contribution is -2.73. The second kappa shape index (κ2) is 8.88. The highest BCUT2D eigenvalue weighted by atomic mass is 19.4. The molecule has 0 spiro atoms. The van der Waals surface area contributed by atoms with Gasteiger partial charge in [-0.25, -0.2) is 0 Å². The number of allylic oxidation sites excluding steroid dienone is 2. The van der Waals surface area contributed by atoms with Gasteiger partial charge in [0.15, 0.2) is 0 Å². The molecule has 3 rings (SSSR count). The van der Waals surface area contributed by atoms with Gasteiger partial charge in [0.05, 0.1) is 12.6 Å². The Morgan fingerprint density at radius 2 is 1.63 bits per heavy atom. The number of nitrogens with two attached hydrogens (primary N) is 1. The molecule has 2 N–H and O–H groups in total. The molecule has 0 aliphatic carbocycles. The molecule has 3 aromatic rings. The molecule has 1 unspecified atom stereocenters. The summed E-state index contributed by atoms with van der Waals surface area (Å²) in [5.74, 6) is 0. The van der Waals surface area contributed by atoms with Crippen LogP contribution >= 0.6 is 0 Å². The quantitative estimate of drug-likeness (QED) is 0.333. The Balaban J connectivity index is 1.95. The lowest BCUT2D eigenvalue weighted by Gasteiger charge is -2.30. The van der Waals surface area contributed by atoms with Gasteiger partial charge in [-0.3, -0.25) is 0 Å². The highest BCUT2D eigenvalue weighted by molar-refractivity contribution is 5.89. The molecule has 30 heavy (non-hydrogen) atoms. The van der Waals surface area contributed by atoms with E-state index in [2.05, 4.69) is 49.2 Å². The molecule has 1 nitrogen and oxygen atoms in total. The van der Waals surface area contributed by atoms with Crippen molar-refractivity contribution in [2.45, 2.75) is 31.4 Å². The summed E-state index contributed by atoms with van der Waals surface area (Å²) in [7, 11) is 2.04. The minimum absolute atomic E-state index is 0.188. The zero-order valence-corrected chi connectivity index (χ0v) is 17.3. The van der Waals surface area contributed by atoms with Crippen LogP contribution in [-0.2, 0) is 11.6 Å². The lowest BCUT2D eigenvalue weighted by atomic mass is 9.73. The van der Waals surface area contributed by atoms with Gasteiger partial charge in [-0.1, -0.05) is 61.5 Å². The van der Waals surface area contributed by atoms with E-state index in [9.17, 15) is 13.2 Å². The Bertz CT molecular complexity index is 1050. The van der Waals surface area contributed by atoms with E-state index in [4.69, 9.17) is 0 Å². The molecule has 0 aliphatic rings. The molecule has 3 aromatic carbocycles. The maximum absolute atomic E-state index is 12.8. The maximum atomic E-state index is 12.8. The van der Waals surface area contributed by atoms with Crippen LogP contribution in [0.4, 0.5) is 18.9 Å². The Hall–Kier alpha value is -2.85. The van der Waals surface area contributed by atoms with Crippen molar-refractivity contribution < 1.29 is 18.5 Å². The molecule has 0 bridgehead atoms. The summed E-state index contributed by atoms with van der Waals surface area (Å²) in [6, 6.07) is 17.9. The van der Waals surface area contributed by atoms with Crippen LogP contribution < -0.4 is 5.32 Å². The number of benzene rings is 3. The zero-order valence-electron chi connectivity index (χ0n) is 17.3. The first kappa shape index (κ1) is 21.8. The summed E-state index contributed by atoms with van der Waals surface area (Å²) in [4.78, 5) is 0. The number of hydrogen-bond acceptors (Lipinski definition) is 0. The van der Waals surface area contributed by atoms with Crippen molar-refractivity contribution in [3.63, 3.8) is 0 Å². The van der Waals surface area contributed by atoms with Gasteiger partial charge in [-0.05, 0) is 53.4 Å². The van der Waals surface area contributed by atoms with Crippen LogP contribution in [0.15, 0.2) is 79.4 Å². The van der Waals surface area contributed by atoms with Gasteiger partial charge in [0.2, 0.25) is 0 Å². The summed E-state index contributed by atoms with van der Waals surface area (Å²) < 4.78 is 38.3. The van der Waals surface area contributed by atoms with Gasteiger partial charge in [0.25, 0.3) is 0 Å². The summed E-state index contributed by atoms with van der Waals surface area (Å²) in [5.41, 5.74) is 2.41. The monoisotopic (exact) mass is 410 g/mol. The first-order valence-corrected chi connectivity index (χ1v) is 10.0. The van der Waals surface area contributed by atoms with E-state index in [0.717, 1.165) is 30.5 Å². The molecule has 0 saturated carbocycles. The number of alkyl halides is 3. The van der Waals surface area contributed by atoms with Crippen LogP contribution in [0.2, 0.25) is 0 Å². The van der Waals surface area contributed by atoms with Crippen LogP contribution in [0.25, 0.3) is 16.8 Å². The van der Waals surface area contributed by atoms with Gasteiger partial charge in [-0.2, -0.15) is 13.2 Å². The lowest BCUT2D eigenvalue weighted by molar-refractivity contribution is -0.540. The number of quaternary nitrogens is 1. The van der Waals surface area contributed by atoms with Gasteiger partial charge in [-0.15, -0.1) is 6.58 Å². The topological polar surface area (TPSA) is 16.6 Å². The van der Waals surface area contributed by atoms with Crippen molar-refractivity contribution in [2.24, 2.45) is 0 Å². The van der Waals surface area contributed by atoms with E-state index in [0.29, 0.717) is 0 Å². The maximum Gasteiger partial charge on any atom is 0.416 e. The molecule has 156 valence electrons. The van der Waals surface area contributed by atoms with Crippen LogP contribution in [0.3, 0.4) is 0 Å². The largest absolute Gasteiger partial charge is 0.416 e. The summed E-state index contributed by atoms with van der Waals surface area (Å²) in [6.07, 6.45) is 3.10. The second-order valence-electron chi connectivity index (χ2n) is 7.82. The third-order valence-electron chi connectivity index (χ3n) is 5.59. The average Bonchev–Trinajstić information content (AvgIpc) is 2.72. The Morgan fingerprint density at radius 3 is 2.27 bits per heavy atom. The van der Waals surface area contributed by atoms with Crippen LogP contribution in [-0.4, -0.2) is 7.05 Å². The molecule has 0 amide bonds. The molecule has 1 atom stereocenters. The summed E-state index contributed by atoms with van der Waals surface area (Å²) >= 11 is 0. The van der Waals surface area contributed by atoms with Gasteiger partial charge in [0, 0.05) is 11.0 Å². The third kappa shape index (κ3) is 4.65. The fourth-order valence-electron chi connectivity index (χ4n) is 4.05. The predicted octanol–water partition coefficient (Wildman–Crippen LogP) is 6.62. The predicted molar refractivity (Wildman–Crippen MR) is 119 cm³/mol. The molecule has 4 heteroatoms. The van der Waals surface area contributed by atoms with E-state index in [1.807, 2.05) is 31.3 Å². The SMILES string of the molecule is C=CCC(C)(C/C=C/c1ccc(C(F)(F)F)cc1)c1c([NH2+]C)ccc2ccccc12. The van der Waals surface area contributed by atoms with E-state index in [1.165, 1.54) is 34.2 Å². The average molecular weight is 411 g/mol. The van der Waals surface area contributed by atoms with Crippen molar-refractivity contribution in [3.8, 4) is 0 Å². The number of halogens is 3. The van der Waals surface area contributed by atoms with Crippen molar-refractivity contribution in [2.75, 3.05) is 7.05 Å². The number of rotatable bonds is 7. The number of hydrogen-bond donors (Lipinski definition) is 1. The highest BCUT2D eigenvalue weighted by Crippen LogP contribution is 2.40. The van der Waals surface area contributed by atoms with Crippen LogP contribution in [0.1, 0.15) is 36.5 Å². The molecule has 0 fully saturated rings.